The molecule has 1 amide bonds. The van der Waals surface area contributed by atoms with Gasteiger partial charge in [0.2, 0.25) is 5.91 Å². The van der Waals surface area contributed by atoms with Crippen molar-refractivity contribution in [1.29, 1.82) is 0 Å². The molecule has 0 saturated carbocycles. The number of aromatic nitrogens is 3. The van der Waals surface area contributed by atoms with Crippen LogP contribution in [0.15, 0.2) is 48.5 Å². The summed E-state index contributed by atoms with van der Waals surface area (Å²) >= 11 is 0. The standard InChI is InChI=1S/C23H26N4O2/c1-29-20-11-5-4-8-17(20)13-14-22(28)24-19-10-7-9-18(16-19)23-26-25-21-12-3-2-6-15-27(21)23/h4-5,7-11,16H,2-3,6,12-15H2,1H3,(H,24,28). The Kier molecular flexibility index (Phi) is 5.89. The van der Waals surface area contributed by atoms with E-state index in [1.165, 1.54) is 12.8 Å². The Balaban J connectivity index is 1.44. The molecular weight excluding hydrogens is 364 g/mol. The SMILES string of the molecule is COc1ccccc1CCC(=O)Nc1cccc(-c2nnc3n2CCCCC3)c1. The Hall–Kier alpha value is -3.15. The fourth-order valence-electron chi connectivity index (χ4n) is 3.82. The molecule has 29 heavy (non-hydrogen) atoms. The van der Waals surface area contributed by atoms with Crippen molar-refractivity contribution in [3.63, 3.8) is 0 Å². The van der Waals surface area contributed by atoms with E-state index in [9.17, 15) is 4.79 Å². The molecular formula is C23H26N4O2. The number of carbonyl (C=O) groups is 1. The number of nitrogens with one attached hydrogen (secondary N) is 1. The molecule has 150 valence electrons. The van der Waals surface area contributed by atoms with E-state index in [-0.39, 0.29) is 5.91 Å². The first-order chi connectivity index (χ1) is 14.2. The average molecular weight is 390 g/mol. The highest BCUT2D eigenvalue weighted by molar-refractivity contribution is 5.91. The Morgan fingerprint density at radius 2 is 2.00 bits per heavy atom. The number of ether oxygens (including phenoxy) is 1. The van der Waals surface area contributed by atoms with Crippen LogP contribution >= 0.6 is 0 Å². The number of para-hydroxylation sites is 1. The number of rotatable bonds is 6. The molecule has 1 aliphatic heterocycles. The second-order valence-corrected chi connectivity index (χ2v) is 7.34. The lowest BCUT2D eigenvalue weighted by Crippen LogP contribution is -2.12. The zero-order valence-electron chi connectivity index (χ0n) is 16.7. The zero-order valence-corrected chi connectivity index (χ0v) is 16.7. The average Bonchev–Trinajstić information content (AvgIpc) is 3.01. The second kappa shape index (κ2) is 8.90. The molecule has 2 heterocycles. The highest BCUT2D eigenvalue weighted by Crippen LogP contribution is 2.25. The summed E-state index contributed by atoms with van der Waals surface area (Å²) in [4.78, 5) is 12.5. The third-order valence-electron chi connectivity index (χ3n) is 5.33. The summed E-state index contributed by atoms with van der Waals surface area (Å²) in [6.07, 6.45) is 5.55. The molecule has 1 aliphatic rings. The maximum absolute atomic E-state index is 12.5. The minimum Gasteiger partial charge on any atom is -0.496 e. The van der Waals surface area contributed by atoms with Gasteiger partial charge in [0, 0.05) is 30.6 Å². The molecule has 0 radical (unpaired) electrons. The van der Waals surface area contributed by atoms with Crippen LogP contribution in [0.3, 0.4) is 0 Å². The fraction of sp³-hybridized carbons (Fsp3) is 0.348. The lowest BCUT2D eigenvalue weighted by molar-refractivity contribution is -0.116. The van der Waals surface area contributed by atoms with Crippen molar-refractivity contribution >= 4 is 11.6 Å². The van der Waals surface area contributed by atoms with Crippen molar-refractivity contribution in [3.05, 3.63) is 59.9 Å². The number of methoxy groups -OCH3 is 1. The lowest BCUT2D eigenvalue weighted by Gasteiger charge is -2.10. The first kappa shape index (κ1) is 19.2. The summed E-state index contributed by atoms with van der Waals surface area (Å²) in [6, 6.07) is 15.6. The maximum atomic E-state index is 12.5. The molecule has 2 aromatic carbocycles. The monoisotopic (exact) mass is 390 g/mol. The number of hydrogen-bond donors (Lipinski definition) is 1. The Labute approximate surface area is 170 Å². The number of benzene rings is 2. The topological polar surface area (TPSA) is 69.0 Å². The molecule has 0 fully saturated rings. The number of amides is 1. The van der Waals surface area contributed by atoms with E-state index in [4.69, 9.17) is 4.74 Å². The second-order valence-electron chi connectivity index (χ2n) is 7.34. The third kappa shape index (κ3) is 4.47. The predicted octanol–water partition coefficient (Wildman–Crippen LogP) is 4.25. The summed E-state index contributed by atoms with van der Waals surface area (Å²) in [5.74, 6) is 2.73. The van der Waals surface area contributed by atoms with Crippen LogP contribution in [0, 0.1) is 0 Å². The van der Waals surface area contributed by atoms with Crippen molar-refractivity contribution in [3.8, 4) is 17.1 Å². The lowest BCUT2D eigenvalue weighted by atomic mass is 10.1. The van der Waals surface area contributed by atoms with E-state index >= 15 is 0 Å². The van der Waals surface area contributed by atoms with Crippen LogP contribution in [0.25, 0.3) is 11.4 Å². The first-order valence-electron chi connectivity index (χ1n) is 10.2. The van der Waals surface area contributed by atoms with Gasteiger partial charge in [-0.1, -0.05) is 36.8 Å². The molecule has 4 rings (SSSR count). The van der Waals surface area contributed by atoms with Crippen LogP contribution in [0.2, 0.25) is 0 Å². The number of nitrogens with zero attached hydrogens (tertiary/aromatic N) is 3. The number of carbonyl (C=O) groups excluding carboxylic acids is 1. The molecule has 1 N–H and O–H groups in total. The third-order valence-corrected chi connectivity index (χ3v) is 5.33. The molecule has 1 aromatic heterocycles. The van der Waals surface area contributed by atoms with Crippen LogP contribution in [0.5, 0.6) is 5.75 Å². The molecule has 6 heteroatoms. The molecule has 0 unspecified atom stereocenters. The number of aryl methyl sites for hydroxylation is 2. The van der Waals surface area contributed by atoms with Crippen molar-refractivity contribution in [2.45, 2.75) is 45.1 Å². The minimum absolute atomic E-state index is 0.0203. The minimum atomic E-state index is -0.0203. The van der Waals surface area contributed by atoms with Crippen LogP contribution in [-0.4, -0.2) is 27.8 Å². The van der Waals surface area contributed by atoms with Crippen molar-refractivity contribution in [2.75, 3.05) is 12.4 Å². The summed E-state index contributed by atoms with van der Waals surface area (Å²) in [6.45, 7) is 0.952. The summed E-state index contributed by atoms with van der Waals surface area (Å²) in [7, 11) is 1.65. The Morgan fingerprint density at radius 3 is 2.90 bits per heavy atom. The zero-order chi connectivity index (χ0) is 20.1. The summed E-state index contributed by atoms with van der Waals surface area (Å²) in [5, 5.41) is 11.8. The van der Waals surface area contributed by atoms with Gasteiger partial charge in [0.1, 0.15) is 11.6 Å². The van der Waals surface area contributed by atoms with Gasteiger partial charge in [-0.15, -0.1) is 10.2 Å². The molecule has 0 saturated heterocycles. The highest BCUT2D eigenvalue weighted by atomic mass is 16.5. The van der Waals surface area contributed by atoms with E-state index in [1.54, 1.807) is 7.11 Å². The van der Waals surface area contributed by atoms with Gasteiger partial charge in [0.15, 0.2) is 5.82 Å². The van der Waals surface area contributed by atoms with Crippen LogP contribution in [0.4, 0.5) is 5.69 Å². The van der Waals surface area contributed by atoms with Gasteiger partial charge in [0.05, 0.1) is 7.11 Å². The molecule has 6 nitrogen and oxygen atoms in total. The van der Waals surface area contributed by atoms with Crippen molar-refractivity contribution in [1.82, 2.24) is 14.8 Å². The number of anilines is 1. The van der Waals surface area contributed by atoms with E-state index in [2.05, 4.69) is 20.1 Å². The first-order valence-corrected chi connectivity index (χ1v) is 10.2. The number of fused-ring (bicyclic) bond motifs is 1. The summed E-state index contributed by atoms with van der Waals surface area (Å²) in [5.41, 5.74) is 2.79. The van der Waals surface area contributed by atoms with Crippen LogP contribution in [-0.2, 0) is 24.2 Å². The van der Waals surface area contributed by atoms with E-state index in [0.717, 1.165) is 53.6 Å². The van der Waals surface area contributed by atoms with Crippen LogP contribution < -0.4 is 10.1 Å². The molecule has 0 aliphatic carbocycles. The smallest absolute Gasteiger partial charge is 0.224 e. The van der Waals surface area contributed by atoms with Gasteiger partial charge in [-0.25, -0.2) is 0 Å². The maximum Gasteiger partial charge on any atom is 0.224 e. The van der Waals surface area contributed by atoms with Crippen LogP contribution in [0.1, 0.15) is 37.1 Å². The van der Waals surface area contributed by atoms with E-state index < -0.39 is 0 Å². The molecule has 3 aromatic rings. The Morgan fingerprint density at radius 1 is 1.10 bits per heavy atom. The fourth-order valence-corrected chi connectivity index (χ4v) is 3.82. The van der Waals surface area contributed by atoms with Gasteiger partial charge in [-0.3, -0.25) is 4.79 Å². The van der Waals surface area contributed by atoms with Gasteiger partial charge in [-0.05, 0) is 43.0 Å². The molecule has 0 atom stereocenters. The van der Waals surface area contributed by atoms with Gasteiger partial charge >= 0.3 is 0 Å². The molecule has 0 bridgehead atoms. The largest absolute Gasteiger partial charge is 0.496 e. The Bertz CT molecular complexity index is 996. The van der Waals surface area contributed by atoms with Gasteiger partial charge < -0.3 is 14.6 Å². The number of hydrogen-bond acceptors (Lipinski definition) is 4. The molecule has 0 spiro atoms. The van der Waals surface area contributed by atoms with Crippen molar-refractivity contribution in [2.24, 2.45) is 0 Å². The van der Waals surface area contributed by atoms with Gasteiger partial charge in [0.25, 0.3) is 0 Å². The summed E-state index contributed by atoms with van der Waals surface area (Å²) < 4.78 is 7.58. The quantitative estimate of drug-likeness (QED) is 0.683. The normalized spacial score (nSPS) is 13.4. The highest BCUT2D eigenvalue weighted by Gasteiger charge is 2.16. The van der Waals surface area contributed by atoms with E-state index in [0.29, 0.717) is 12.8 Å². The predicted molar refractivity (Wildman–Crippen MR) is 113 cm³/mol. The van der Waals surface area contributed by atoms with E-state index in [1.807, 2.05) is 48.5 Å². The van der Waals surface area contributed by atoms with Crippen molar-refractivity contribution < 1.29 is 9.53 Å². The van der Waals surface area contributed by atoms with Gasteiger partial charge in [-0.2, -0.15) is 0 Å².